The molecule has 0 aliphatic carbocycles. The molecule has 0 radical (unpaired) electrons. The van der Waals surface area contributed by atoms with Gasteiger partial charge in [0.15, 0.2) is 0 Å². The maximum absolute atomic E-state index is 9.51. The van der Waals surface area contributed by atoms with Gasteiger partial charge in [-0.1, -0.05) is 13.2 Å². The summed E-state index contributed by atoms with van der Waals surface area (Å²) in [6, 6.07) is 19.6. The van der Waals surface area contributed by atoms with Crippen LogP contribution in [0.2, 0.25) is 0 Å². The van der Waals surface area contributed by atoms with E-state index in [-0.39, 0.29) is 13.2 Å². The SMILES string of the molecule is C=C(c1ccc(-c2ccc(OC)c(CO)c2)nc1C)N1CCOCC1.C=C(c1ccc(-c2ccc(OC)c(CO)c2)nc1C)N1CCOCC1. The standard InChI is InChI=1S/2C20H24N2O3/c2*1-14-18(15(2)22-8-10-25-11-9-22)5-6-19(21-14)16-4-7-20(24-3)17(12-16)13-23/h2*4-7,12,23H,2,8-11,13H2,1,3H3. The molecule has 0 atom stereocenters. The van der Waals surface area contributed by atoms with Crippen molar-refractivity contribution in [1.82, 2.24) is 19.8 Å². The van der Waals surface area contributed by atoms with Gasteiger partial charge in [-0.2, -0.15) is 0 Å². The molecule has 0 saturated carbocycles. The monoisotopic (exact) mass is 680 g/mol. The molecule has 2 N–H and O–H groups in total. The molecular weight excluding hydrogens is 632 g/mol. The van der Waals surface area contributed by atoms with Gasteiger partial charge in [-0.05, 0) is 74.5 Å². The van der Waals surface area contributed by atoms with E-state index in [1.54, 1.807) is 14.2 Å². The number of pyridine rings is 2. The minimum Gasteiger partial charge on any atom is -0.496 e. The van der Waals surface area contributed by atoms with E-state index >= 15 is 0 Å². The fourth-order valence-corrected chi connectivity index (χ4v) is 6.18. The third-order valence-electron chi connectivity index (χ3n) is 9.07. The second-order valence-electron chi connectivity index (χ2n) is 12.1. The first-order valence-electron chi connectivity index (χ1n) is 16.8. The van der Waals surface area contributed by atoms with Crippen molar-refractivity contribution in [3.8, 4) is 34.0 Å². The van der Waals surface area contributed by atoms with Gasteiger partial charge in [0.1, 0.15) is 11.5 Å². The lowest BCUT2D eigenvalue weighted by Crippen LogP contribution is -2.34. The molecule has 50 heavy (non-hydrogen) atoms. The summed E-state index contributed by atoms with van der Waals surface area (Å²) in [6.07, 6.45) is 0. The van der Waals surface area contributed by atoms with E-state index in [0.29, 0.717) is 11.5 Å². The van der Waals surface area contributed by atoms with Gasteiger partial charge in [-0.3, -0.25) is 9.97 Å². The molecule has 4 heterocycles. The highest BCUT2D eigenvalue weighted by Crippen LogP contribution is 2.30. The first-order chi connectivity index (χ1) is 24.3. The molecule has 0 unspecified atom stereocenters. The number of benzene rings is 2. The summed E-state index contributed by atoms with van der Waals surface area (Å²) in [5, 5.41) is 19.0. The van der Waals surface area contributed by atoms with Gasteiger partial charge in [0.25, 0.3) is 0 Å². The van der Waals surface area contributed by atoms with Gasteiger partial charge in [0.05, 0.1) is 65.2 Å². The van der Waals surface area contributed by atoms with Crippen LogP contribution in [0.3, 0.4) is 0 Å². The van der Waals surface area contributed by atoms with Crippen LogP contribution in [0.25, 0.3) is 33.9 Å². The summed E-state index contributed by atoms with van der Waals surface area (Å²) in [4.78, 5) is 14.0. The highest BCUT2D eigenvalue weighted by Gasteiger charge is 2.18. The maximum atomic E-state index is 9.51. The molecule has 2 fully saturated rings. The third-order valence-corrected chi connectivity index (χ3v) is 9.07. The predicted octanol–water partition coefficient (Wildman–Crippen LogP) is 5.72. The van der Waals surface area contributed by atoms with Crippen LogP contribution in [-0.4, -0.2) is 96.8 Å². The summed E-state index contributed by atoms with van der Waals surface area (Å²) < 4.78 is 21.3. The van der Waals surface area contributed by atoms with Crippen LogP contribution in [0.15, 0.2) is 73.8 Å². The van der Waals surface area contributed by atoms with Crippen molar-refractivity contribution < 1.29 is 29.2 Å². The Hall–Kier alpha value is -4.74. The number of ether oxygens (including phenoxy) is 4. The van der Waals surface area contributed by atoms with E-state index in [1.165, 1.54) is 0 Å². The lowest BCUT2D eigenvalue weighted by molar-refractivity contribution is 0.0640. The Labute approximate surface area is 295 Å². The van der Waals surface area contributed by atoms with Crippen molar-refractivity contribution in [2.75, 3.05) is 66.8 Å². The molecule has 10 nitrogen and oxygen atoms in total. The molecule has 2 aliphatic rings. The van der Waals surface area contributed by atoms with Crippen LogP contribution in [0, 0.1) is 13.8 Å². The Kier molecular flexibility index (Phi) is 12.6. The van der Waals surface area contributed by atoms with Gasteiger partial charge < -0.3 is 39.0 Å². The van der Waals surface area contributed by atoms with Crippen molar-refractivity contribution in [2.45, 2.75) is 27.1 Å². The zero-order valence-corrected chi connectivity index (χ0v) is 29.6. The lowest BCUT2D eigenvalue weighted by Gasteiger charge is -2.31. The van der Waals surface area contributed by atoms with Crippen molar-refractivity contribution in [3.63, 3.8) is 0 Å². The van der Waals surface area contributed by atoms with E-state index in [4.69, 9.17) is 28.9 Å². The van der Waals surface area contributed by atoms with Crippen LogP contribution in [-0.2, 0) is 22.7 Å². The van der Waals surface area contributed by atoms with Crippen molar-refractivity contribution >= 4 is 11.4 Å². The molecule has 0 amide bonds. The first-order valence-corrected chi connectivity index (χ1v) is 16.8. The maximum Gasteiger partial charge on any atom is 0.124 e. The molecule has 10 heteroatoms. The Morgan fingerprint density at radius 3 is 1.34 bits per heavy atom. The molecule has 0 bridgehead atoms. The third kappa shape index (κ3) is 8.51. The zero-order valence-electron chi connectivity index (χ0n) is 29.6. The molecule has 6 rings (SSSR count). The number of aromatic nitrogens is 2. The Morgan fingerprint density at radius 2 is 1.02 bits per heavy atom. The topological polar surface area (TPSA) is 110 Å². The summed E-state index contributed by atoms with van der Waals surface area (Å²) in [5.41, 5.74) is 11.1. The number of aliphatic hydroxyl groups is 2. The number of aryl methyl sites for hydroxylation is 2. The number of hydrogen-bond donors (Lipinski definition) is 2. The molecule has 2 aromatic carbocycles. The van der Waals surface area contributed by atoms with Crippen LogP contribution < -0.4 is 9.47 Å². The lowest BCUT2D eigenvalue weighted by atomic mass is 10.0. The highest BCUT2D eigenvalue weighted by atomic mass is 16.5. The molecule has 0 spiro atoms. The number of hydrogen-bond acceptors (Lipinski definition) is 10. The van der Waals surface area contributed by atoms with Gasteiger partial charge in [-0.25, -0.2) is 0 Å². The summed E-state index contributed by atoms with van der Waals surface area (Å²) in [5.74, 6) is 1.36. The van der Waals surface area contributed by atoms with Crippen molar-refractivity contribution in [3.05, 3.63) is 107 Å². The molecule has 2 saturated heterocycles. The molecule has 2 aromatic heterocycles. The Morgan fingerprint density at radius 1 is 0.640 bits per heavy atom. The molecule has 4 aromatic rings. The number of nitrogens with zero attached hydrogens (tertiary/aromatic N) is 4. The van der Waals surface area contributed by atoms with Gasteiger partial charge in [-0.15, -0.1) is 0 Å². The second-order valence-corrected chi connectivity index (χ2v) is 12.1. The van der Waals surface area contributed by atoms with Crippen LogP contribution in [0.5, 0.6) is 11.5 Å². The van der Waals surface area contributed by atoms with E-state index < -0.39 is 0 Å². The molecular formula is C40H48N4O6. The largest absolute Gasteiger partial charge is 0.496 e. The fourth-order valence-electron chi connectivity index (χ4n) is 6.18. The summed E-state index contributed by atoms with van der Waals surface area (Å²) in [6.45, 7) is 18.7. The Balaban J connectivity index is 0.000000194. The minimum atomic E-state index is -0.0675. The summed E-state index contributed by atoms with van der Waals surface area (Å²) >= 11 is 0. The summed E-state index contributed by atoms with van der Waals surface area (Å²) in [7, 11) is 3.20. The van der Waals surface area contributed by atoms with Crippen LogP contribution >= 0.6 is 0 Å². The van der Waals surface area contributed by atoms with Gasteiger partial charge in [0, 0.05) is 82.3 Å². The number of aliphatic hydroxyl groups excluding tert-OH is 2. The quantitative estimate of drug-likeness (QED) is 0.216. The molecule has 2 aliphatic heterocycles. The normalized spacial score (nSPS) is 14.4. The first kappa shape index (κ1) is 36.5. The van der Waals surface area contributed by atoms with Crippen molar-refractivity contribution in [1.29, 1.82) is 0 Å². The average molecular weight is 681 g/mol. The minimum absolute atomic E-state index is 0.0675. The number of morpholine rings is 2. The zero-order chi connectivity index (χ0) is 35.6. The molecule has 264 valence electrons. The number of methoxy groups -OCH3 is 2. The van der Waals surface area contributed by atoms with E-state index in [9.17, 15) is 10.2 Å². The van der Waals surface area contributed by atoms with Crippen LogP contribution in [0.1, 0.15) is 33.6 Å². The smallest absolute Gasteiger partial charge is 0.124 e. The fraction of sp³-hybridized carbons (Fsp3) is 0.350. The average Bonchev–Trinajstić information content (AvgIpc) is 3.17. The van der Waals surface area contributed by atoms with Gasteiger partial charge in [0.2, 0.25) is 0 Å². The number of rotatable bonds is 10. The van der Waals surface area contributed by atoms with Gasteiger partial charge >= 0.3 is 0 Å². The van der Waals surface area contributed by atoms with E-state index in [1.807, 2.05) is 62.4 Å². The second kappa shape index (κ2) is 17.3. The predicted molar refractivity (Wildman–Crippen MR) is 197 cm³/mol. The van der Waals surface area contributed by atoms with E-state index in [0.717, 1.165) is 120 Å². The highest BCUT2D eigenvalue weighted by molar-refractivity contribution is 5.70. The Bertz CT molecular complexity index is 1670. The van der Waals surface area contributed by atoms with Crippen molar-refractivity contribution in [2.24, 2.45) is 0 Å². The van der Waals surface area contributed by atoms with E-state index in [2.05, 4.69) is 35.1 Å². The van der Waals surface area contributed by atoms with Crippen LogP contribution in [0.4, 0.5) is 0 Å².